The molecule has 1 fully saturated rings. The molecule has 156 valence electrons. The number of hydrogen-bond donors (Lipinski definition) is 1. The lowest BCUT2D eigenvalue weighted by Crippen LogP contribution is -2.59. The molecule has 1 aliphatic rings. The highest BCUT2D eigenvalue weighted by Crippen LogP contribution is 2.25. The van der Waals surface area contributed by atoms with E-state index in [4.69, 9.17) is 18.9 Å². The minimum Gasteiger partial charge on any atom is -0.460 e. The third kappa shape index (κ3) is 8.71. The molecule has 4 atom stereocenters. The lowest BCUT2D eigenvalue weighted by molar-refractivity contribution is -0.240. The maximum atomic E-state index is 12.0. The smallest absolute Gasteiger partial charge is 0.308 e. The number of hydrogen-bond acceptors (Lipinski definition) is 7. The lowest BCUT2D eigenvalue weighted by Gasteiger charge is -2.40. The van der Waals surface area contributed by atoms with Crippen molar-refractivity contribution in [2.45, 2.75) is 97.4 Å². The predicted molar refractivity (Wildman–Crippen MR) is 97.8 cm³/mol. The summed E-state index contributed by atoms with van der Waals surface area (Å²) in [6.45, 7) is 9.17. The summed E-state index contributed by atoms with van der Waals surface area (Å²) in [7, 11) is 0. The zero-order valence-electron chi connectivity index (χ0n) is 17.0. The SMILES string of the molecule is CCCC(=O)O[C@@H]1OC(COC(C)C)C[C@H](OC(=O)CCC)C1NC(C)=O. The molecule has 0 spiro atoms. The van der Waals surface area contributed by atoms with Crippen LogP contribution in [-0.2, 0) is 33.3 Å². The van der Waals surface area contributed by atoms with E-state index in [0.29, 0.717) is 19.3 Å². The van der Waals surface area contributed by atoms with Crippen molar-refractivity contribution < 1.29 is 33.3 Å². The maximum Gasteiger partial charge on any atom is 0.308 e. The third-order valence-corrected chi connectivity index (χ3v) is 3.94. The quantitative estimate of drug-likeness (QED) is 0.573. The minimum absolute atomic E-state index is 0.00357. The Labute approximate surface area is 161 Å². The fourth-order valence-electron chi connectivity index (χ4n) is 2.76. The van der Waals surface area contributed by atoms with Gasteiger partial charge in [0.1, 0.15) is 12.1 Å². The number of amides is 1. The highest BCUT2D eigenvalue weighted by Gasteiger charge is 2.43. The zero-order chi connectivity index (χ0) is 20.4. The summed E-state index contributed by atoms with van der Waals surface area (Å²) in [6.07, 6.45) is 0.0170. The molecule has 0 bridgehead atoms. The van der Waals surface area contributed by atoms with E-state index in [0.717, 1.165) is 0 Å². The fourth-order valence-corrected chi connectivity index (χ4v) is 2.76. The third-order valence-electron chi connectivity index (χ3n) is 3.94. The first-order chi connectivity index (χ1) is 12.8. The number of carbonyl (C=O) groups is 3. The van der Waals surface area contributed by atoms with Crippen molar-refractivity contribution in [3.8, 4) is 0 Å². The standard InChI is InChI=1S/C19H33NO7/c1-6-8-16(22)26-15-10-14(11-24-12(3)4)25-19(18(15)20-13(5)21)27-17(23)9-7-2/h12,14-15,18-19H,6-11H2,1-5H3,(H,20,21)/t14?,15-,18?,19-/m0/s1. The largest absolute Gasteiger partial charge is 0.460 e. The van der Waals surface area contributed by atoms with Crippen LogP contribution in [0, 0.1) is 0 Å². The molecule has 27 heavy (non-hydrogen) atoms. The highest BCUT2D eigenvalue weighted by molar-refractivity contribution is 5.74. The molecule has 8 heteroatoms. The van der Waals surface area contributed by atoms with Crippen molar-refractivity contribution in [2.75, 3.05) is 6.61 Å². The van der Waals surface area contributed by atoms with Gasteiger partial charge in [0.2, 0.25) is 12.2 Å². The van der Waals surface area contributed by atoms with Gasteiger partial charge in [-0.25, -0.2) is 0 Å². The molecule has 1 saturated heterocycles. The molecule has 0 saturated carbocycles. The van der Waals surface area contributed by atoms with E-state index in [-0.39, 0.29) is 37.4 Å². The summed E-state index contributed by atoms with van der Waals surface area (Å²) in [5, 5.41) is 2.70. The number of nitrogens with one attached hydrogen (secondary N) is 1. The first kappa shape index (κ1) is 23.4. The van der Waals surface area contributed by atoms with Gasteiger partial charge in [-0.1, -0.05) is 13.8 Å². The molecular formula is C19H33NO7. The van der Waals surface area contributed by atoms with Crippen molar-refractivity contribution in [1.29, 1.82) is 0 Å². The number of esters is 2. The second kappa shape index (κ2) is 11.9. The van der Waals surface area contributed by atoms with Crippen molar-refractivity contribution in [1.82, 2.24) is 5.32 Å². The molecular weight excluding hydrogens is 354 g/mol. The molecule has 8 nitrogen and oxygen atoms in total. The average Bonchev–Trinajstić information content (AvgIpc) is 2.56. The summed E-state index contributed by atoms with van der Waals surface area (Å²) < 4.78 is 22.5. The second-order valence-electron chi connectivity index (χ2n) is 6.99. The minimum atomic E-state index is -1.04. The van der Waals surface area contributed by atoms with Crippen molar-refractivity contribution in [2.24, 2.45) is 0 Å². The maximum absolute atomic E-state index is 12.0. The predicted octanol–water partition coefficient (Wildman–Crippen LogP) is 2.09. The van der Waals surface area contributed by atoms with Gasteiger partial charge in [0.25, 0.3) is 0 Å². The van der Waals surface area contributed by atoms with Crippen molar-refractivity contribution >= 4 is 17.8 Å². The summed E-state index contributed by atoms with van der Waals surface area (Å²) in [4.78, 5) is 35.7. The van der Waals surface area contributed by atoms with Crippen LogP contribution in [-0.4, -0.2) is 55.1 Å². The molecule has 1 heterocycles. The van der Waals surface area contributed by atoms with Gasteiger partial charge in [0, 0.05) is 26.2 Å². The second-order valence-corrected chi connectivity index (χ2v) is 6.99. The topological polar surface area (TPSA) is 100 Å². The lowest BCUT2D eigenvalue weighted by atomic mass is 9.99. The molecule has 1 amide bonds. The van der Waals surface area contributed by atoms with Crippen LogP contribution < -0.4 is 5.32 Å². The van der Waals surface area contributed by atoms with Crippen LogP contribution in [0.5, 0.6) is 0 Å². The van der Waals surface area contributed by atoms with Crippen LogP contribution in [0.4, 0.5) is 0 Å². The highest BCUT2D eigenvalue weighted by atomic mass is 16.7. The van der Waals surface area contributed by atoms with Crippen LogP contribution >= 0.6 is 0 Å². The van der Waals surface area contributed by atoms with E-state index in [1.165, 1.54) is 6.92 Å². The Morgan fingerprint density at radius 3 is 2.19 bits per heavy atom. The summed E-state index contributed by atoms with van der Waals surface area (Å²) in [5.41, 5.74) is 0. The molecule has 1 N–H and O–H groups in total. The average molecular weight is 387 g/mol. The summed E-state index contributed by atoms with van der Waals surface area (Å²) in [6, 6.07) is -0.764. The number of carbonyl (C=O) groups excluding carboxylic acids is 3. The van der Waals surface area contributed by atoms with Crippen LogP contribution in [0.2, 0.25) is 0 Å². The Kier molecular flexibility index (Phi) is 10.3. The Bertz CT molecular complexity index is 464. The van der Waals surface area contributed by atoms with E-state index in [2.05, 4.69) is 5.32 Å². The van der Waals surface area contributed by atoms with Crippen LogP contribution in [0.1, 0.15) is 66.7 Å². The van der Waals surface area contributed by atoms with Gasteiger partial charge in [-0.2, -0.15) is 0 Å². The Morgan fingerprint density at radius 1 is 1.07 bits per heavy atom. The van der Waals surface area contributed by atoms with E-state index >= 15 is 0 Å². The van der Waals surface area contributed by atoms with Gasteiger partial charge in [0.05, 0.1) is 18.8 Å². The fraction of sp³-hybridized carbons (Fsp3) is 0.842. The van der Waals surface area contributed by atoms with E-state index in [9.17, 15) is 14.4 Å². The number of rotatable bonds is 10. The summed E-state index contributed by atoms with van der Waals surface area (Å²) >= 11 is 0. The zero-order valence-corrected chi connectivity index (χ0v) is 17.0. The number of ether oxygens (including phenoxy) is 4. The van der Waals surface area contributed by atoms with E-state index in [1.807, 2.05) is 27.7 Å². The van der Waals surface area contributed by atoms with Gasteiger partial charge in [0.15, 0.2) is 0 Å². The molecule has 1 rings (SSSR count). The van der Waals surface area contributed by atoms with Crippen LogP contribution in [0.15, 0.2) is 0 Å². The van der Waals surface area contributed by atoms with Crippen LogP contribution in [0.3, 0.4) is 0 Å². The van der Waals surface area contributed by atoms with Gasteiger partial charge in [-0.15, -0.1) is 0 Å². The van der Waals surface area contributed by atoms with Gasteiger partial charge < -0.3 is 24.3 Å². The van der Waals surface area contributed by atoms with Crippen molar-refractivity contribution in [3.05, 3.63) is 0 Å². The molecule has 2 unspecified atom stereocenters. The normalized spacial score (nSPS) is 25.1. The van der Waals surface area contributed by atoms with E-state index < -0.39 is 30.5 Å². The molecule has 0 radical (unpaired) electrons. The van der Waals surface area contributed by atoms with Gasteiger partial charge >= 0.3 is 11.9 Å². The molecule has 0 aliphatic carbocycles. The van der Waals surface area contributed by atoms with Crippen molar-refractivity contribution in [3.63, 3.8) is 0 Å². The monoisotopic (exact) mass is 387 g/mol. The molecule has 0 aromatic carbocycles. The van der Waals surface area contributed by atoms with E-state index in [1.54, 1.807) is 0 Å². The molecule has 1 aliphatic heterocycles. The summed E-state index contributed by atoms with van der Waals surface area (Å²) in [5.74, 6) is -1.11. The Morgan fingerprint density at radius 2 is 1.67 bits per heavy atom. The molecule has 0 aromatic heterocycles. The first-order valence-electron chi connectivity index (χ1n) is 9.69. The first-order valence-corrected chi connectivity index (χ1v) is 9.69. The Balaban J connectivity index is 2.97. The molecule has 0 aromatic rings. The Hall–Kier alpha value is -1.67. The van der Waals surface area contributed by atoms with Gasteiger partial charge in [-0.3, -0.25) is 14.4 Å². The van der Waals surface area contributed by atoms with Gasteiger partial charge in [-0.05, 0) is 26.7 Å². The van der Waals surface area contributed by atoms with Crippen LogP contribution in [0.25, 0.3) is 0 Å².